The van der Waals surface area contributed by atoms with Crippen LogP contribution in [0.3, 0.4) is 0 Å². The second kappa shape index (κ2) is 8.04. The van der Waals surface area contributed by atoms with Gasteiger partial charge in [-0.25, -0.2) is 12.4 Å². The molecule has 5 rings (SSSR count). The summed E-state index contributed by atoms with van der Waals surface area (Å²) in [5, 5.41) is 4.39. The highest BCUT2D eigenvalue weighted by molar-refractivity contribution is 8.24. The Bertz CT molecular complexity index is 1550. The summed E-state index contributed by atoms with van der Waals surface area (Å²) in [5.74, 6) is -0.107. The molecule has 1 saturated heterocycles. The Morgan fingerprint density at radius 1 is 0.969 bits per heavy atom. The topological polar surface area (TPSA) is 68.2 Å². The standard InChI is InChI=1S/C22H14Cl2N2O3S3/c23-16-7-6-13(11-17(16)24)32(28,29)26-18-4-2-1-3-14(18)15-9-12(5-8-19(15)26)10-20-21(27)25-22(30)31-20/h1-9,11,20H,10H2,(H,25,27,30). The molecule has 0 radical (unpaired) electrons. The highest BCUT2D eigenvalue weighted by atomic mass is 35.5. The summed E-state index contributed by atoms with van der Waals surface area (Å²) in [6.07, 6.45) is 0.492. The van der Waals surface area contributed by atoms with Crippen molar-refractivity contribution in [2.75, 3.05) is 0 Å². The SMILES string of the molecule is O=C1NC(=S)SC1Cc1ccc2c(c1)c1ccccc1n2S(=O)(=O)c1ccc(Cl)c(Cl)c1. The minimum atomic E-state index is -3.95. The van der Waals surface area contributed by atoms with Crippen LogP contribution in [0.15, 0.2) is 65.6 Å². The first-order chi connectivity index (χ1) is 15.3. The van der Waals surface area contributed by atoms with Gasteiger partial charge < -0.3 is 5.32 Å². The van der Waals surface area contributed by atoms with Gasteiger partial charge in [0.15, 0.2) is 0 Å². The molecule has 0 spiro atoms. The molecule has 0 aliphatic carbocycles. The van der Waals surface area contributed by atoms with Crippen LogP contribution in [0.1, 0.15) is 5.56 Å². The van der Waals surface area contributed by atoms with E-state index in [-0.39, 0.29) is 26.1 Å². The fourth-order valence-corrected chi connectivity index (χ4v) is 7.08. The average Bonchev–Trinajstić information content (AvgIpc) is 3.26. The fourth-order valence-electron chi connectivity index (χ4n) is 3.85. The molecule has 0 saturated carbocycles. The Hall–Kier alpha value is -2.10. The van der Waals surface area contributed by atoms with Gasteiger partial charge in [0, 0.05) is 10.8 Å². The quantitative estimate of drug-likeness (QED) is 0.365. The fraction of sp³-hybridized carbons (Fsp3) is 0.0909. The Kier molecular flexibility index (Phi) is 5.46. The number of rotatable bonds is 4. The third-order valence-corrected chi connectivity index (χ3v) is 9.15. The molecular formula is C22H14Cl2N2O3S3. The summed E-state index contributed by atoms with van der Waals surface area (Å²) < 4.78 is 29.0. The van der Waals surface area contributed by atoms with E-state index >= 15 is 0 Å². The van der Waals surface area contributed by atoms with Crippen molar-refractivity contribution in [3.63, 3.8) is 0 Å². The molecular weight excluding hydrogens is 507 g/mol. The van der Waals surface area contributed by atoms with E-state index in [1.165, 1.54) is 33.9 Å². The van der Waals surface area contributed by atoms with Gasteiger partial charge in [-0.15, -0.1) is 0 Å². The molecule has 162 valence electrons. The van der Waals surface area contributed by atoms with Crippen molar-refractivity contribution in [1.29, 1.82) is 0 Å². The van der Waals surface area contributed by atoms with E-state index in [2.05, 4.69) is 5.32 Å². The predicted molar refractivity (Wildman–Crippen MR) is 134 cm³/mol. The molecule has 0 bridgehead atoms. The van der Waals surface area contributed by atoms with Crippen molar-refractivity contribution in [3.8, 4) is 0 Å². The van der Waals surface area contributed by atoms with Crippen LogP contribution in [0.4, 0.5) is 0 Å². The van der Waals surface area contributed by atoms with Crippen molar-refractivity contribution in [2.45, 2.75) is 16.6 Å². The van der Waals surface area contributed by atoms with Gasteiger partial charge in [-0.2, -0.15) is 0 Å². The maximum atomic E-state index is 13.6. The van der Waals surface area contributed by atoms with Crippen LogP contribution < -0.4 is 5.32 Å². The van der Waals surface area contributed by atoms with Crippen molar-refractivity contribution in [2.24, 2.45) is 0 Å². The van der Waals surface area contributed by atoms with E-state index in [0.717, 1.165) is 16.3 Å². The van der Waals surface area contributed by atoms with Crippen molar-refractivity contribution in [1.82, 2.24) is 9.29 Å². The number of nitrogens with zero attached hydrogens (tertiary/aromatic N) is 1. The second-order valence-corrected chi connectivity index (χ2v) is 11.8. The van der Waals surface area contributed by atoms with Gasteiger partial charge in [0.05, 0.1) is 31.2 Å². The van der Waals surface area contributed by atoms with Gasteiger partial charge >= 0.3 is 0 Å². The number of nitrogens with one attached hydrogen (secondary N) is 1. The molecule has 1 amide bonds. The number of carbonyl (C=O) groups excluding carboxylic acids is 1. The van der Waals surface area contributed by atoms with Crippen LogP contribution >= 0.6 is 47.2 Å². The lowest BCUT2D eigenvalue weighted by atomic mass is 10.1. The third kappa shape index (κ3) is 3.60. The maximum Gasteiger partial charge on any atom is 0.268 e. The van der Waals surface area contributed by atoms with Crippen molar-refractivity contribution >= 4 is 89.2 Å². The number of thioether (sulfide) groups is 1. The summed E-state index contributed by atoms with van der Waals surface area (Å²) in [4.78, 5) is 12.1. The van der Waals surface area contributed by atoms with Crippen LogP contribution in [0.2, 0.25) is 10.0 Å². The number of benzene rings is 3. The summed E-state index contributed by atoms with van der Waals surface area (Å²) in [7, 11) is -3.95. The number of hydrogen-bond donors (Lipinski definition) is 1. The number of carbonyl (C=O) groups is 1. The van der Waals surface area contributed by atoms with Gasteiger partial charge in [-0.05, 0) is 48.4 Å². The molecule has 3 aromatic carbocycles. The van der Waals surface area contributed by atoms with Crippen LogP contribution in [0.5, 0.6) is 0 Å². The van der Waals surface area contributed by atoms with Crippen molar-refractivity contribution in [3.05, 3.63) is 76.3 Å². The van der Waals surface area contributed by atoms with E-state index in [4.69, 9.17) is 35.4 Å². The van der Waals surface area contributed by atoms with E-state index in [9.17, 15) is 13.2 Å². The average molecular weight is 521 g/mol. The number of fused-ring (bicyclic) bond motifs is 3. The molecule has 32 heavy (non-hydrogen) atoms. The number of hydrogen-bond acceptors (Lipinski definition) is 5. The van der Waals surface area contributed by atoms with Crippen LogP contribution in [0, 0.1) is 0 Å². The molecule has 1 aliphatic heterocycles. The molecule has 1 aliphatic rings. The van der Waals surface area contributed by atoms with Crippen LogP contribution in [-0.2, 0) is 21.2 Å². The summed E-state index contributed by atoms with van der Waals surface area (Å²) >= 11 is 18.5. The van der Waals surface area contributed by atoms with Gasteiger partial charge in [0.2, 0.25) is 5.91 Å². The molecule has 10 heteroatoms. The molecule has 1 unspecified atom stereocenters. The summed E-state index contributed by atoms with van der Waals surface area (Å²) in [6.45, 7) is 0. The van der Waals surface area contributed by atoms with E-state index in [1.807, 2.05) is 24.3 Å². The van der Waals surface area contributed by atoms with E-state index in [1.54, 1.807) is 18.2 Å². The minimum Gasteiger partial charge on any atom is -0.311 e. The molecule has 5 nitrogen and oxygen atoms in total. The molecule has 1 atom stereocenters. The zero-order valence-corrected chi connectivity index (χ0v) is 20.2. The predicted octanol–water partition coefficient (Wildman–Crippen LogP) is 5.40. The van der Waals surface area contributed by atoms with Gasteiger partial charge in [-0.3, -0.25) is 4.79 Å². The van der Waals surface area contributed by atoms with E-state index in [0.29, 0.717) is 21.8 Å². The number of aromatic nitrogens is 1. The van der Waals surface area contributed by atoms with Gasteiger partial charge in [0.25, 0.3) is 10.0 Å². The number of para-hydroxylation sites is 1. The lowest BCUT2D eigenvalue weighted by molar-refractivity contribution is -0.118. The largest absolute Gasteiger partial charge is 0.311 e. The zero-order valence-electron chi connectivity index (χ0n) is 16.2. The first-order valence-corrected chi connectivity index (χ1v) is 13.0. The first kappa shape index (κ1) is 21.7. The van der Waals surface area contributed by atoms with Crippen LogP contribution in [-0.4, -0.2) is 27.9 Å². The monoisotopic (exact) mass is 520 g/mol. The highest BCUT2D eigenvalue weighted by Gasteiger charge is 2.29. The third-order valence-electron chi connectivity index (χ3n) is 5.31. The van der Waals surface area contributed by atoms with Crippen molar-refractivity contribution < 1.29 is 13.2 Å². The molecule has 4 aromatic rings. The Labute approximate surface area is 203 Å². The Morgan fingerprint density at radius 2 is 1.72 bits per heavy atom. The molecule has 1 N–H and O–H groups in total. The lowest BCUT2D eigenvalue weighted by Gasteiger charge is -2.11. The maximum absolute atomic E-state index is 13.6. The van der Waals surface area contributed by atoms with Gasteiger partial charge in [-0.1, -0.05) is 71.4 Å². The normalized spacial score (nSPS) is 16.8. The second-order valence-electron chi connectivity index (χ2n) is 7.30. The molecule has 1 fully saturated rings. The highest BCUT2D eigenvalue weighted by Crippen LogP contribution is 2.35. The minimum absolute atomic E-state index is 0.0474. The summed E-state index contributed by atoms with van der Waals surface area (Å²) in [5.41, 5.74) is 2.02. The Balaban J connectivity index is 1.68. The number of thiocarbonyl (C=S) groups is 1. The summed E-state index contributed by atoms with van der Waals surface area (Å²) in [6, 6.07) is 17.1. The smallest absolute Gasteiger partial charge is 0.268 e. The Morgan fingerprint density at radius 3 is 2.44 bits per heavy atom. The molecule has 2 heterocycles. The number of amides is 1. The molecule has 1 aromatic heterocycles. The zero-order chi connectivity index (χ0) is 22.6. The first-order valence-electron chi connectivity index (χ1n) is 9.50. The van der Waals surface area contributed by atoms with Gasteiger partial charge in [0.1, 0.15) is 4.32 Å². The van der Waals surface area contributed by atoms with E-state index < -0.39 is 10.0 Å². The van der Waals surface area contributed by atoms with Crippen LogP contribution in [0.25, 0.3) is 21.8 Å². The number of halogens is 2. The lowest BCUT2D eigenvalue weighted by Crippen LogP contribution is -2.25.